The number of hydrogen-bond donors (Lipinski definition) is 1. The van der Waals surface area contributed by atoms with Crippen molar-refractivity contribution in [3.8, 4) is 0 Å². The fourth-order valence-corrected chi connectivity index (χ4v) is 2.78. The SMILES string of the molecule is CN(C)S(=O)(=O)CCCOC(=O)c1n[nH]c(=O)c2ccccc12. The third kappa shape index (κ3) is 3.93. The van der Waals surface area contributed by atoms with Crippen LogP contribution in [0.1, 0.15) is 16.9 Å². The van der Waals surface area contributed by atoms with Crippen LogP contribution in [-0.2, 0) is 14.8 Å². The molecule has 23 heavy (non-hydrogen) atoms. The molecule has 0 atom stereocenters. The molecule has 0 spiro atoms. The number of H-pyrrole nitrogens is 1. The van der Waals surface area contributed by atoms with E-state index in [0.717, 1.165) is 4.31 Å². The van der Waals surface area contributed by atoms with Gasteiger partial charge in [0.15, 0.2) is 5.69 Å². The predicted molar refractivity (Wildman–Crippen MR) is 84.7 cm³/mol. The fourth-order valence-electron chi connectivity index (χ4n) is 1.93. The van der Waals surface area contributed by atoms with Crippen LogP contribution in [0.2, 0.25) is 0 Å². The molecule has 0 aliphatic heterocycles. The zero-order chi connectivity index (χ0) is 17.0. The molecule has 0 fully saturated rings. The Hall–Kier alpha value is -2.26. The third-order valence-corrected chi connectivity index (χ3v) is 5.14. The van der Waals surface area contributed by atoms with Crippen LogP contribution in [0.25, 0.3) is 10.8 Å². The number of nitrogens with one attached hydrogen (secondary N) is 1. The number of nitrogens with zero attached hydrogens (tertiary/aromatic N) is 2. The summed E-state index contributed by atoms with van der Waals surface area (Å²) in [5, 5.41) is 6.70. The van der Waals surface area contributed by atoms with Crippen LogP contribution in [0.4, 0.5) is 0 Å². The van der Waals surface area contributed by atoms with Gasteiger partial charge in [0.05, 0.1) is 17.7 Å². The van der Waals surface area contributed by atoms with Crippen molar-refractivity contribution >= 4 is 26.8 Å². The molecule has 0 amide bonds. The normalized spacial score (nSPS) is 11.8. The van der Waals surface area contributed by atoms with Gasteiger partial charge in [-0.1, -0.05) is 18.2 Å². The Balaban J connectivity index is 2.05. The van der Waals surface area contributed by atoms with Crippen LogP contribution < -0.4 is 5.56 Å². The molecule has 0 saturated heterocycles. The van der Waals surface area contributed by atoms with Gasteiger partial charge in [0.1, 0.15) is 0 Å². The highest BCUT2D eigenvalue weighted by Crippen LogP contribution is 2.13. The molecule has 0 unspecified atom stereocenters. The smallest absolute Gasteiger partial charge is 0.359 e. The number of esters is 1. The van der Waals surface area contributed by atoms with Crippen molar-refractivity contribution in [2.75, 3.05) is 26.5 Å². The quantitative estimate of drug-likeness (QED) is 0.601. The molecule has 1 aromatic heterocycles. The van der Waals surface area contributed by atoms with Crippen molar-refractivity contribution in [2.24, 2.45) is 0 Å². The van der Waals surface area contributed by atoms with Crippen molar-refractivity contribution in [2.45, 2.75) is 6.42 Å². The average molecular weight is 339 g/mol. The molecule has 124 valence electrons. The van der Waals surface area contributed by atoms with E-state index in [1.54, 1.807) is 24.3 Å². The molecule has 0 aliphatic carbocycles. The number of carbonyl (C=O) groups excluding carboxylic acids is 1. The standard InChI is InChI=1S/C14H17N3O5S/c1-17(2)23(20,21)9-5-8-22-14(19)12-10-6-3-4-7-11(10)13(18)16-15-12/h3-4,6-7H,5,8-9H2,1-2H3,(H,16,18). The Bertz CT molecular complexity index is 873. The van der Waals surface area contributed by atoms with Gasteiger partial charge in [0.25, 0.3) is 5.56 Å². The maximum absolute atomic E-state index is 12.1. The van der Waals surface area contributed by atoms with E-state index in [4.69, 9.17) is 4.74 Å². The molecule has 8 nitrogen and oxygen atoms in total. The minimum absolute atomic E-state index is 0.00401. The summed E-state index contributed by atoms with van der Waals surface area (Å²) >= 11 is 0. The van der Waals surface area contributed by atoms with Crippen molar-refractivity contribution in [1.82, 2.24) is 14.5 Å². The highest BCUT2D eigenvalue weighted by Gasteiger charge is 2.17. The second kappa shape index (κ2) is 6.88. The summed E-state index contributed by atoms with van der Waals surface area (Å²) in [6, 6.07) is 6.55. The fraction of sp³-hybridized carbons (Fsp3) is 0.357. The van der Waals surface area contributed by atoms with E-state index in [0.29, 0.717) is 10.8 Å². The lowest BCUT2D eigenvalue weighted by Gasteiger charge is -2.11. The Kier molecular flexibility index (Phi) is 5.12. The van der Waals surface area contributed by atoms with Gasteiger partial charge in [-0.2, -0.15) is 5.10 Å². The maximum Gasteiger partial charge on any atom is 0.359 e. The van der Waals surface area contributed by atoms with E-state index in [1.165, 1.54) is 14.1 Å². The summed E-state index contributed by atoms with van der Waals surface area (Å²) in [6.45, 7) is -0.0545. The number of aromatic amines is 1. The monoisotopic (exact) mass is 339 g/mol. The predicted octanol–water partition coefficient (Wildman–Crippen LogP) is 0.361. The summed E-state index contributed by atoms with van der Waals surface area (Å²) < 4.78 is 29.3. The highest BCUT2D eigenvalue weighted by molar-refractivity contribution is 7.89. The van der Waals surface area contributed by atoms with Crippen molar-refractivity contribution in [1.29, 1.82) is 0 Å². The molecule has 0 radical (unpaired) electrons. The van der Waals surface area contributed by atoms with Crippen LogP contribution in [-0.4, -0.2) is 55.3 Å². The molecule has 0 saturated carbocycles. The van der Waals surface area contributed by atoms with E-state index in [9.17, 15) is 18.0 Å². The highest BCUT2D eigenvalue weighted by atomic mass is 32.2. The number of aromatic nitrogens is 2. The van der Waals surface area contributed by atoms with Crippen LogP contribution in [0, 0.1) is 0 Å². The lowest BCUT2D eigenvalue weighted by Crippen LogP contribution is -2.26. The Morgan fingerprint density at radius 2 is 1.91 bits per heavy atom. The third-order valence-electron chi connectivity index (χ3n) is 3.23. The van der Waals surface area contributed by atoms with E-state index in [2.05, 4.69) is 10.2 Å². The zero-order valence-electron chi connectivity index (χ0n) is 12.8. The minimum atomic E-state index is -3.32. The summed E-state index contributed by atoms with van der Waals surface area (Å²) in [7, 11) is -0.438. The molecular weight excluding hydrogens is 322 g/mol. The lowest BCUT2D eigenvalue weighted by molar-refractivity contribution is 0.0500. The van der Waals surface area contributed by atoms with Gasteiger partial charge in [0.2, 0.25) is 10.0 Å². The first-order chi connectivity index (χ1) is 10.8. The number of fused-ring (bicyclic) bond motifs is 1. The molecule has 2 rings (SSSR count). The summed E-state index contributed by atoms with van der Waals surface area (Å²) in [5.41, 5.74) is -0.398. The molecule has 2 aromatic rings. The largest absolute Gasteiger partial charge is 0.461 e. The topological polar surface area (TPSA) is 109 Å². The van der Waals surface area contributed by atoms with Gasteiger partial charge < -0.3 is 4.74 Å². The zero-order valence-corrected chi connectivity index (χ0v) is 13.6. The number of sulfonamides is 1. The number of benzene rings is 1. The summed E-state index contributed by atoms with van der Waals surface area (Å²) in [4.78, 5) is 23.7. The minimum Gasteiger partial charge on any atom is -0.461 e. The molecular formula is C14H17N3O5S. The van der Waals surface area contributed by atoms with Crippen LogP contribution in [0.15, 0.2) is 29.1 Å². The molecule has 1 heterocycles. The average Bonchev–Trinajstić information content (AvgIpc) is 2.52. The first kappa shape index (κ1) is 17.1. The van der Waals surface area contributed by atoms with Crippen molar-refractivity contribution < 1.29 is 17.9 Å². The Morgan fingerprint density at radius 3 is 2.57 bits per heavy atom. The van der Waals surface area contributed by atoms with Crippen LogP contribution >= 0.6 is 0 Å². The lowest BCUT2D eigenvalue weighted by atomic mass is 10.1. The van der Waals surface area contributed by atoms with Crippen molar-refractivity contribution in [3.63, 3.8) is 0 Å². The number of carbonyl (C=O) groups is 1. The van der Waals surface area contributed by atoms with Gasteiger partial charge >= 0.3 is 5.97 Å². The summed E-state index contributed by atoms with van der Waals surface area (Å²) in [6.07, 6.45) is 0.174. The molecule has 0 bridgehead atoms. The second-order valence-corrected chi connectivity index (χ2v) is 7.34. The van der Waals surface area contributed by atoms with E-state index < -0.39 is 21.6 Å². The number of hydrogen-bond acceptors (Lipinski definition) is 6. The summed E-state index contributed by atoms with van der Waals surface area (Å²) in [5.74, 6) is -0.827. The molecule has 9 heteroatoms. The van der Waals surface area contributed by atoms with E-state index >= 15 is 0 Å². The van der Waals surface area contributed by atoms with Gasteiger partial charge in [-0.25, -0.2) is 22.6 Å². The van der Waals surface area contributed by atoms with Gasteiger partial charge in [-0.15, -0.1) is 0 Å². The second-order valence-electron chi connectivity index (χ2n) is 5.03. The van der Waals surface area contributed by atoms with Gasteiger partial charge in [0, 0.05) is 19.5 Å². The number of rotatable bonds is 6. The maximum atomic E-state index is 12.1. The molecule has 1 N–H and O–H groups in total. The van der Waals surface area contributed by atoms with Crippen LogP contribution in [0.3, 0.4) is 0 Å². The van der Waals surface area contributed by atoms with E-state index in [-0.39, 0.29) is 24.5 Å². The van der Waals surface area contributed by atoms with Crippen molar-refractivity contribution in [3.05, 3.63) is 40.3 Å². The first-order valence-electron chi connectivity index (χ1n) is 6.87. The molecule has 0 aliphatic rings. The first-order valence-corrected chi connectivity index (χ1v) is 8.48. The van der Waals surface area contributed by atoms with E-state index in [1.807, 2.05) is 0 Å². The molecule has 1 aromatic carbocycles. The Morgan fingerprint density at radius 1 is 1.26 bits per heavy atom. The van der Waals surface area contributed by atoms with Gasteiger partial charge in [-0.05, 0) is 12.5 Å². The van der Waals surface area contributed by atoms with Crippen LogP contribution in [0.5, 0.6) is 0 Å². The Labute approximate surface area is 133 Å². The van der Waals surface area contributed by atoms with Gasteiger partial charge in [-0.3, -0.25) is 4.79 Å². The number of ether oxygens (including phenoxy) is 1.